The quantitative estimate of drug-likeness (QED) is 0.497. The fourth-order valence-electron chi connectivity index (χ4n) is 2.40. The van der Waals surface area contributed by atoms with Gasteiger partial charge in [0.1, 0.15) is 0 Å². The maximum Gasteiger partial charge on any atom is 0.250 e. The molecule has 3 rings (SSSR count). The smallest absolute Gasteiger partial charge is 0.250 e. The van der Waals surface area contributed by atoms with Gasteiger partial charge in [-0.25, -0.2) is 0 Å². The Hall–Kier alpha value is -3.48. The summed E-state index contributed by atoms with van der Waals surface area (Å²) in [6, 6.07) is 3.89. The zero-order valence-corrected chi connectivity index (χ0v) is 13.0. The van der Waals surface area contributed by atoms with Crippen LogP contribution in [0.2, 0.25) is 0 Å². The number of aromatic nitrogens is 4. The summed E-state index contributed by atoms with van der Waals surface area (Å²) < 4.78 is 0. The van der Waals surface area contributed by atoms with Gasteiger partial charge < -0.3 is 11.5 Å². The van der Waals surface area contributed by atoms with Crippen LogP contribution in [0.1, 0.15) is 16.8 Å². The number of nitrogens with one attached hydrogen (secondary N) is 1. The van der Waals surface area contributed by atoms with E-state index in [2.05, 4.69) is 20.2 Å². The van der Waals surface area contributed by atoms with Gasteiger partial charge in [0, 0.05) is 23.5 Å². The summed E-state index contributed by atoms with van der Waals surface area (Å²) in [5.41, 5.74) is 15.3. The molecule has 0 aliphatic rings. The molecule has 120 valence electrons. The molecular weight excluding hydrogens is 304 g/mol. The molecule has 24 heavy (non-hydrogen) atoms. The molecule has 1 aromatic carbocycles. The number of primary amides is 1. The van der Waals surface area contributed by atoms with Gasteiger partial charge in [-0.1, -0.05) is 6.07 Å². The number of hydrogen-bond acceptors (Lipinski definition) is 5. The van der Waals surface area contributed by atoms with Crippen LogP contribution in [0, 0.1) is 6.92 Å². The van der Waals surface area contributed by atoms with E-state index >= 15 is 0 Å². The van der Waals surface area contributed by atoms with Gasteiger partial charge in [0.2, 0.25) is 0 Å². The van der Waals surface area contributed by atoms with Crippen LogP contribution in [0.25, 0.3) is 23.1 Å². The summed E-state index contributed by atoms with van der Waals surface area (Å²) in [6.45, 7) is 1.96. The highest BCUT2D eigenvalue weighted by molar-refractivity contribution is 6.02. The number of fused-ring (bicyclic) bond motifs is 1. The molecule has 0 fully saturated rings. The number of amides is 1. The van der Waals surface area contributed by atoms with Crippen molar-refractivity contribution in [2.24, 2.45) is 11.5 Å². The second kappa shape index (κ2) is 6.33. The van der Waals surface area contributed by atoms with E-state index in [4.69, 9.17) is 11.5 Å². The predicted molar refractivity (Wildman–Crippen MR) is 92.2 cm³/mol. The lowest BCUT2D eigenvalue weighted by Gasteiger charge is -2.07. The first-order chi connectivity index (χ1) is 11.6. The van der Waals surface area contributed by atoms with Crippen LogP contribution in [0.5, 0.6) is 0 Å². The number of aryl methyl sites for hydroxylation is 1. The summed E-state index contributed by atoms with van der Waals surface area (Å²) in [7, 11) is 0. The van der Waals surface area contributed by atoms with E-state index in [0.29, 0.717) is 5.69 Å². The highest BCUT2D eigenvalue weighted by atomic mass is 16.1. The minimum Gasteiger partial charge on any atom is -0.398 e. The summed E-state index contributed by atoms with van der Waals surface area (Å²) in [5, 5.41) is 7.86. The lowest BCUT2D eigenvalue weighted by molar-refractivity contribution is -0.114. The van der Waals surface area contributed by atoms with Crippen LogP contribution >= 0.6 is 0 Å². The maximum absolute atomic E-state index is 11.8. The fraction of sp³-hybridized carbons (Fsp3) is 0.0588. The van der Waals surface area contributed by atoms with E-state index in [9.17, 15) is 4.79 Å². The number of nitrogens with zero attached hydrogens (tertiary/aromatic N) is 3. The fourth-order valence-corrected chi connectivity index (χ4v) is 2.40. The molecular formula is C17H16N6O. The Balaban J connectivity index is 2.10. The molecule has 7 heteroatoms. The third kappa shape index (κ3) is 3.00. The van der Waals surface area contributed by atoms with Crippen molar-refractivity contribution in [2.75, 3.05) is 0 Å². The number of carbonyl (C=O) groups is 1. The Bertz CT molecular complexity index is 956. The minimum absolute atomic E-state index is 0.176. The molecule has 1 amide bonds. The van der Waals surface area contributed by atoms with Crippen molar-refractivity contribution in [2.45, 2.75) is 6.92 Å². The van der Waals surface area contributed by atoms with Gasteiger partial charge in [0.15, 0.2) is 0 Å². The molecule has 0 radical (unpaired) electrons. The van der Waals surface area contributed by atoms with Crippen molar-refractivity contribution in [3.63, 3.8) is 0 Å². The number of H-pyrrole nitrogens is 1. The van der Waals surface area contributed by atoms with Crippen LogP contribution in [0.4, 0.5) is 0 Å². The number of rotatable bonds is 4. The Labute approximate surface area is 138 Å². The Kier molecular flexibility index (Phi) is 4.07. The largest absolute Gasteiger partial charge is 0.398 e. The lowest BCUT2D eigenvalue weighted by Crippen LogP contribution is -2.19. The SMILES string of the molecule is Cc1ccc2[nH]ncc2c1/C=C(N)/C(=C\c1cnccn1)C(N)=O. The number of nitrogens with two attached hydrogens (primary N) is 2. The first-order valence-corrected chi connectivity index (χ1v) is 7.24. The van der Waals surface area contributed by atoms with Crippen molar-refractivity contribution >= 4 is 29.0 Å². The third-order valence-corrected chi connectivity index (χ3v) is 3.64. The lowest BCUT2D eigenvalue weighted by atomic mass is 10.0. The van der Waals surface area contributed by atoms with Gasteiger partial charge in [-0.2, -0.15) is 5.10 Å². The molecule has 0 saturated carbocycles. The number of aromatic amines is 1. The van der Waals surface area contributed by atoms with Crippen molar-refractivity contribution in [1.82, 2.24) is 20.2 Å². The molecule has 0 atom stereocenters. The van der Waals surface area contributed by atoms with Crippen molar-refractivity contribution in [1.29, 1.82) is 0 Å². The van der Waals surface area contributed by atoms with E-state index in [1.54, 1.807) is 18.5 Å². The van der Waals surface area contributed by atoms with Gasteiger partial charge >= 0.3 is 0 Å². The number of hydrogen-bond donors (Lipinski definition) is 3. The zero-order valence-electron chi connectivity index (χ0n) is 13.0. The average Bonchev–Trinajstić information content (AvgIpc) is 3.04. The third-order valence-electron chi connectivity index (χ3n) is 3.64. The summed E-state index contributed by atoms with van der Waals surface area (Å²) in [4.78, 5) is 19.9. The molecule has 0 aliphatic carbocycles. The van der Waals surface area contributed by atoms with Crippen molar-refractivity contribution < 1.29 is 4.79 Å². The molecule has 2 heterocycles. The number of benzene rings is 1. The van der Waals surface area contributed by atoms with E-state index in [0.717, 1.165) is 22.0 Å². The number of carbonyl (C=O) groups excluding carboxylic acids is 1. The highest BCUT2D eigenvalue weighted by Gasteiger charge is 2.12. The van der Waals surface area contributed by atoms with Crippen molar-refractivity contribution in [3.8, 4) is 0 Å². The van der Waals surface area contributed by atoms with Crippen LogP contribution in [0.15, 0.2) is 48.2 Å². The van der Waals surface area contributed by atoms with Crippen LogP contribution in [-0.2, 0) is 4.79 Å². The summed E-state index contributed by atoms with van der Waals surface area (Å²) in [6.07, 6.45) is 9.56. The first-order valence-electron chi connectivity index (χ1n) is 7.24. The van der Waals surface area contributed by atoms with E-state index < -0.39 is 5.91 Å². The molecule has 0 unspecified atom stereocenters. The second-order valence-corrected chi connectivity index (χ2v) is 5.28. The van der Waals surface area contributed by atoms with Gasteiger partial charge in [-0.3, -0.25) is 19.9 Å². The molecule has 0 spiro atoms. The monoisotopic (exact) mass is 320 g/mol. The molecule has 2 aromatic heterocycles. The minimum atomic E-state index is -0.633. The predicted octanol–water partition coefficient (Wildman–Crippen LogP) is 1.53. The second-order valence-electron chi connectivity index (χ2n) is 5.28. The maximum atomic E-state index is 11.8. The van der Waals surface area contributed by atoms with Gasteiger partial charge in [0.05, 0.1) is 29.2 Å². The molecule has 5 N–H and O–H groups in total. The van der Waals surface area contributed by atoms with E-state index in [1.807, 2.05) is 19.1 Å². The summed E-state index contributed by atoms with van der Waals surface area (Å²) in [5.74, 6) is -0.633. The molecule has 0 bridgehead atoms. The molecule has 0 saturated heterocycles. The van der Waals surface area contributed by atoms with Crippen LogP contribution in [-0.4, -0.2) is 26.1 Å². The molecule has 3 aromatic rings. The average molecular weight is 320 g/mol. The summed E-state index contributed by atoms with van der Waals surface area (Å²) >= 11 is 0. The molecule has 7 nitrogen and oxygen atoms in total. The standard InChI is InChI=1S/C17H16N6O/c1-10-2-3-16-14(9-22-23-16)12(10)7-15(18)13(17(19)24)6-11-8-20-4-5-21-11/h2-9H,18H2,1H3,(H2,19,24)(H,22,23)/b13-6+,15-7-. The Morgan fingerprint density at radius 2 is 2.00 bits per heavy atom. The van der Waals surface area contributed by atoms with Gasteiger partial charge in [-0.05, 0) is 36.3 Å². The van der Waals surface area contributed by atoms with E-state index in [-0.39, 0.29) is 11.3 Å². The highest BCUT2D eigenvalue weighted by Crippen LogP contribution is 2.23. The van der Waals surface area contributed by atoms with Gasteiger partial charge in [0.25, 0.3) is 5.91 Å². The van der Waals surface area contributed by atoms with Gasteiger partial charge in [-0.15, -0.1) is 0 Å². The molecule has 0 aliphatic heterocycles. The normalized spacial score (nSPS) is 12.5. The van der Waals surface area contributed by atoms with Crippen LogP contribution < -0.4 is 11.5 Å². The van der Waals surface area contributed by atoms with Crippen molar-refractivity contribution in [3.05, 3.63) is 65.0 Å². The Morgan fingerprint density at radius 3 is 2.71 bits per heavy atom. The van der Waals surface area contributed by atoms with E-state index in [1.165, 1.54) is 18.5 Å². The topological polar surface area (TPSA) is 124 Å². The Morgan fingerprint density at radius 1 is 1.17 bits per heavy atom. The van der Waals surface area contributed by atoms with Crippen LogP contribution in [0.3, 0.4) is 0 Å². The zero-order chi connectivity index (χ0) is 17.1. The first kappa shape index (κ1) is 15.4.